The zero-order valence-corrected chi connectivity index (χ0v) is 13.5. The average molecular weight is 328 g/mol. The van der Waals surface area contributed by atoms with Gasteiger partial charge in [-0.1, -0.05) is 30.3 Å². The second-order valence-corrected chi connectivity index (χ2v) is 5.12. The van der Waals surface area contributed by atoms with E-state index >= 15 is 0 Å². The van der Waals surface area contributed by atoms with E-state index in [1.807, 2.05) is 30.3 Å². The third-order valence-electron chi connectivity index (χ3n) is 3.37. The summed E-state index contributed by atoms with van der Waals surface area (Å²) in [6.07, 6.45) is 0.743. The number of nitrogens with two attached hydrogens (primary N) is 1. The van der Waals surface area contributed by atoms with Crippen LogP contribution in [0.2, 0.25) is 0 Å². The summed E-state index contributed by atoms with van der Waals surface area (Å²) in [5.41, 5.74) is 7.59. The minimum absolute atomic E-state index is 0.177. The number of anilines is 1. The van der Waals surface area contributed by atoms with Crippen LogP contribution in [0.4, 0.5) is 5.69 Å². The van der Waals surface area contributed by atoms with E-state index in [0.29, 0.717) is 17.8 Å². The largest absolute Gasteiger partial charge is 0.482 e. The van der Waals surface area contributed by atoms with Crippen LogP contribution >= 0.6 is 0 Å². The average Bonchev–Trinajstić information content (AvgIpc) is 2.61. The molecule has 3 N–H and O–H groups in total. The second-order valence-electron chi connectivity index (χ2n) is 5.12. The lowest BCUT2D eigenvalue weighted by Crippen LogP contribution is -2.30. The Hall–Kier alpha value is -3.02. The number of amides is 1. The number of nitrogen functional groups attached to an aromatic ring is 1. The first-order valence-electron chi connectivity index (χ1n) is 7.51. The maximum atomic E-state index is 11.8. The van der Waals surface area contributed by atoms with Gasteiger partial charge in [-0.25, -0.2) is 4.79 Å². The molecule has 2 aromatic carbocycles. The lowest BCUT2D eigenvalue weighted by Gasteiger charge is -2.10. The molecule has 0 aliphatic heterocycles. The third kappa shape index (κ3) is 5.01. The smallest absolute Gasteiger partial charge is 0.337 e. The minimum Gasteiger partial charge on any atom is -0.482 e. The van der Waals surface area contributed by atoms with Gasteiger partial charge in [0.05, 0.1) is 18.4 Å². The quantitative estimate of drug-likeness (QED) is 0.597. The molecule has 24 heavy (non-hydrogen) atoms. The first-order valence-corrected chi connectivity index (χ1v) is 7.51. The highest BCUT2D eigenvalue weighted by molar-refractivity contribution is 5.90. The summed E-state index contributed by atoms with van der Waals surface area (Å²) in [6.45, 7) is 0.341. The molecule has 2 rings (SSSR count). The molecule has 0 atom stereocenters. The van der Waals surface area contributed by atoms with E-state index in [1.165, 1.54) is 25.3 Å². The summed E-state index contributed by atoms with van der Waals surface area (Å²) < 4.78 is 10.0. The zero-order chi connectivity index (χ0) is 17.4. The fourth-order valence-corrected chi connectivity index (χ4v) is 2.09. The monoisotopic (exact) mass is 328 g/mol. The van der Waals surface area contributed by atoms with E-state index in [0.717, 1.165) is 12.0 Å². The van der Waals surface area contributed by atoms with Crippen LogP contribution in [0.25, 0.3) is 0 Å². The van der Waals surface area contributed by atoms with Crippen LogP contribution in [0.5, 0.6) is 5.75 Å². The third-order valence-corrected chi connectivity index (χ3v) is 3.37. The van der Waals surface area contributed by atoms with Crippen molar-refractivity contribution < 1.29 is 19.1 Å². The summed E-state index contributed by atoms with van der Waals surface area (Å²) in [5, 5.41) is 2.77. The molecule has 0 saturated heterocycles. The normalized spacial score (nSPS) is 10.0. The number of ether oxygens (including phenoxy) is 2. The molecule has 0 aliphatic rings. The van der Waals surface area contributed by atoms with Crippen molar-refractivity contribution in [2.75, 3.05) is 26.0 Å². The summed E-state index contributed by atoms with van der Waals surface area (Å²) in [6, 6.07) is 14.4. The number of hydrogen-bond acceptors (Lipinski definition) is 5. The highest BCUT2D eigenvalue weighted by Crippen LogP contribution is 2.23. The molecule has 0 unspecified atom stereocenters. The van der Waals surface area contributed by atoms with Crippen LogP contribution in [0.15, 0.2) is 48.5 Å². The first-order chi connectivity index (χ1) is 11.6. The molecule has 1 amide bonds. The van der Waals surface area contributed by atoms with Gasteiger partial charge in [0.1, 0.15) is 5.75 Å². The molecule has 0 spiro atoms. The lowest BCUT2D eigenvalue weighted by atomic mass is 10.1. The number of nitrogens with one attached hydrogen (secondary N) is 1. The van der Waals surface area contributed by atoms with Crippen LogP contribution in [0.1, 0.15) is 15.9 Å². The molecule has 0 aliphatic carbocycles. The van der Waals surface area contributed by atoms with Gasteiger partial charge in [0, 0.05) is 6.54 Å². The predicted octanol–water partition coefficient (Wildman–Crippen LogP) is 1.79. The van der Waals surface area contributed by atoms with Crippen molar-refractivity contribution in [2.24, 2.45) is 0 Å². The Morgan fingerprint density at radius 2 is 1.88 bits per heavy atom. The van der Waals surface area contributed by atoms with Gasteiger partial charge < -0.3 is 20.5 Å². The van der Waals surface area contributed by atoms with Crippen molar-refractivity contribution in [3.63, 3.8) is 0 Å². The number of esters is 1. The number of hydrogen-bond donors (Lipinski definition) is 2. The Morgan fingerprint density at radius 1 is 1.12 bits per heavy atom. The summed E-state index contributed by atoms with van der Waals surface area (Å²) in [4.78, 5) is 23.3. The second kappa shape index (κ2) is 8.57. The van der Waals surface area contributed by atoms with Gasteiger partial charge in [0.2, 0.25) is 0 Å². The minimum atomic E-state index is -0.493. The van der Waals surface area contributed by atoms with Crippen LogP contribution in [-0.4, -0.2) is 32.1 Å². The number of methoxy groups -OCH3 is 1. The molecule has 0 saturated carbocycles. The van der Waals surface area contributed by atoms with Crippen LogP contribution < -0.4 is 15.8 Å². The van der Waals surface area contributed by atoms with Gasteiger partial charge in [-0.3, -0.25) is 4.79 Å². The van der Waals surface area contributed by atoms with Crippen molar-refractivity contribution in [3.8, 4) is 5.75 Å². The van der Waals surface area contributed by atoms with Crippen molar-refractivity contribution >= 4 is 17.6 Å². The SMILES string of the molecule is COC(=O)c1ccc(N)c(OCC(=O)NCCc2ccccc2)c1. The van der Waals surface area contributed by atoms with Crippen LogP contribution in [0, 0.1) is 0 Å². The van der Waals surface area contributed by atoms with Gasteiger partial charge in [-0.15, -0.1) is 0 Å². The van der Waals surface area contributed by atoms with Crippen LogP contribution in [-0.2, 0) is 16.0 Å². The fourth-order valence-electron chi connectivity index (χ4n) is 2.09. The zero-order valence-electron chi connectivity index (χ0n) is 13.5. The molecule has 6 nitrogen and oxygen atoms in total. The molecule has 2 aromatic rings. The maximum Gasteiger partial charge on any atom is 0.337 e. The Morgan fingerprint density at radius 3 is 2.58 bits per heavy atom. The maximum absolute atomic E-state index is 11.8. The molecular formula is C18H20N2O4. The Labute approximate surface area is 140 Å². The lowest BCUT2D eigenvalue weighted by molar-refractivity contribution is -0.123. The van der Waals surface area contributed by atoms with E-state index < -0.39 is 5.97 Å². The number of carbonyl (C=O) groups excluding carboxylic acids is 2. The summed E-state index contributed by atoms with van der Waals surface area (Å²) >= 11 is 0. The van der Waals surface area contributed by atoms with Gasteiger partial charge >= 0.3 is 5.97 Å². The Bertz CT molecular complexity index is 701. The molecule has 0 fully saturated rings. The molecular weight excluding hydrogens is 308 g/mol. The molecule has 0 radical (unpaired) electrons. The van der Waals surface area contributed by atoms with Crippen molar-refractivity contribution in [3.05, 3.63) is 59.7 Å². The predicted molar refractivity (Wildman–Crippen MR) is 90.8 cm³/mol. The van der Waals surface area contributed by atoms with Crippen molar-refractivity contribution in [2.45, 2.75) is 6.42 Å². The van der Waals surface area contributed by atoms with Gasteiger partial charge in [-0.2, -0.15) is 0 Å². The van der Waals surface area contributed by atoms with Gasteiger partial charge in [-0.05, 0) is 30.2 Å². The van der Waals surface area contributed by atoms with Crippen molar-refractivity contribution in [1.82, 2.24) is 5.32 Å². The molecule has 0 bridgehead atoms. The number of benzene rings is 2. The van der Waals surface area contributed by atoms with E-state index in [4.69, 9.17) is 10.5 Å². The van der Waals surface area contributed by atoms with Crippen LogP contribution in [0.3, 0.4) is 0 Å². The van der Waals surface area contributed by atoms with Gasteiger partial charge in [0.15, 0.2) is 6.61 Å². The van der Waals surface area contributed by atoms with E-state index in [1.54, 1.807) is 0 Å². The highest BCUT2D eigenvalue weighted by atomic mass is 16.5. The topological polar surface area (TPSA) is 90.7 Å². The van der Waals surface area contributed by atoms with E-state index in [2.05, 4.69) is 10.1 Å². The van der Waals surface area contributed by atoms with Gasteiger partial charge in [0.25, 0.3) is 5.91 Å². The molecule has 6 heteroatoms. The summed E-state index contributed by atoms with van der Waals surface area (Å²) in [5.74, 6) is -0.475. The Balaban J connectivity index is 1.82. The standard InChI is InChI=1S/C18H20N2O4/c1-23-18(22)14-7-8-15(19)16(11-14)24-12-17(21)20-10-9-13-5-3-2-4-6-13/h2-8,11H,9-10,12,19H2,1H3,(H,20,21). The fraction of sp³-hybridized carbons (Fsp3) is 0.222. The molecule has 0 heterocycles. The molecule has 126 valence electrons. The summed E-state index contributed by atoms with van der Waals surface area (Å²) in [7, 11) is 1.29. The van der Waals surface area contributed by atoms with E-state index in [9.17, 15) is 9.59 Å². The first kappa shape index (κ1) is 17.3. The number of carbonyl (C=O) groups is 2. The van der Waals surface area contributed by atoms with E-state index in [-0.39, 0.29) is 18.3 Å². The highest BCUT2D eigenvalue weighted by Gasteiger charge is 2.10. The number of rotatable bonds is 7. The molecule has 0 aromatic heterocycles. The van der Waals surface area contributed by atoms with Crippen molar-refractivity contribution in [1.29, 1.82) is 0 Å². The Kier molecular flexibility index (Phi) is 6.19.